The fourth-order valence-electron chi connectivity index (χ4n) is 5.78. The average Bonchev–Trinajstić information content (AvgIpc) is 3.54. The van der Waals surface area contributed by atoms with E-state index < -0.39 is 23.3 Å². The van der Waals surface area contributed by atoms with Gasteiger partial charge in [-0.1, -0.05) is 6.08 Å². The normalized spacial score (nSPS) is 21.3. The number of likely N-dealkylation sites (tertiary alicyclic amines) is 1. The van der Waals surface area contributed by atoms with Gasteiger partial charge in [0.1, 0.15) is 34.5 Å². The first-order valence-electron chi connectivity index (χ1n) is 13.8. The van der Waals surface area contributed by atoms with Gasteiger partial charge in [-0.25, -0.2) is 19.3 Å². The van der Waals surface area contributed by atoms with Crippen LogP contribution in [0.1, 0.15) is 65.9 Å². The van der Waals surface area contributed by atoms with E-state index in [0.29, 0.717) is 47.7 Å². The second-order valence-corrected chi connectivity index (χ2v) is 12.0. The Bertz CT molecular complexity index is 1690. The molecule has 0 saturated carbocycles. The molecule has 0 aliphatic carbocycles. The third-order valence-electron chi connectivity index (χ3n) is 8.01. The lowest BCUT2D eigenvalue weighted by atomic mass is 9.83. The Morgan fingerprint density at radius 1 is 1.23 bits per heavy atom. The summed E-state index contributed by atoms with van der Waals surface area (Å²) >= 11 is 3.05. The largest absolute Gasteiger partial charge is 0.328 e. The predicted octanol–water partition coefficient (Wildman–Crippen LogP) is 4.11. The molecule has 3 aromatic rings. The molecule has 43 heavy (non-hydrogen) atoms. The molecule has 0 spiro atoms. The topological polar surface area (TPSA) is 135 Å². The lowest BCUT2D eigenvalue weighted by Crippen LogP contribution is -2.45. The summed E-state index contributed by atoms with van der Waals surface area (Å²) in [4.78, 5) is 59.1. The van der Waals surface area contributed by atoms with Crippen molar-refractivity contribution in [1.82, 2.24) is 29.6 Å². The van der Waals surface area contributed by atoms with Crippen LogP contribution in [0.15, 0.2) is 40.7 Å². The Kier molecular flexibility index (Phi) is 8.12. The number of Topliss-reactive ketones (excluding diaryl/α,β-unsaturated/α-hetero) is 1. The van der Waals surface area contributed by atoms with Gasteiger partial charge < -0.3 is 10.2 Å². The van der Waals surface area contributed by atoms with Crippen LogP contribution in [0.25, 0.3) is 0 Å². The Morgan fingerprint density at radius 2 is 1.93 bits per heavy atom. The van der Waals surface area contributed by atoms with E-state index >= 15 is 0 Å². The summed E-state index contributed by atoms with van der Waals surface area (Å²) < 4.78 is 15.4. The van der Waals surface area contributed by atoms with E-state index in [1.165, 1.54) is 22.6 Å². The van der Waals surface area contributed by atoms with Crippen LogP contribution in [0.3, 0.4) is 0 Å². The fourth-order valence-corrected chi connectivity index (χ4v) is 6.07. The average molecular weight is 652 g/mol. The number of pyridine rings is 1. The number of aromatic nitrogens is 5. The number of ketones is 1. The summed E-state index contributed by atoms with van der Waals surface area (Å²) in [5, 5.41) is 7.32. The highest BCUT2D eigenvalue weighted by atomic mass is 79.9. The Hall–Kier alpha value is -4.13. The summed E-state index contributed by atoms with van der Waals surface area (Å²) in [6.45, 7) is 12.6. The van der Waals surface area contributed by atoms with Gasteiger partial charge in [-0.2, -0.15) is 5.10 Å². The molecule has 1 unspecified atom stereocenters. The van der Waals surface area contributed by atoms with E-state index in [1.54, 1.807) is 32.3 Å². The van der Waals surface area contributed by atoms with Crippen LogP contribution in [0.4, 0.5) is 10.2 Å². The van der Waals surface area contributed by atoms with Crippen LogP contribution in [0.2, 0.25) is 0 Å². The molecule has 3 aromatic heterocycles. The molecule has 5 rings (SSSR count). The van der Waals surface area contributed by atoms with Crippen LogP contribution < -0.4 is 5.32 Å². The van der Waals surface area contributed by atoms with E-state index in [2.05, 4.69) is 47.9 Å². The molecule has 0 bridgehead atoms. The minimum absolute atomic E-state index is 0.0236. The zero-order valence-corrected chi connectivity index (χ0v) is 26.2. The van der Waals surface area contributed by atoms with Crippen LogP contribution in [-0.2, 0) is 28.1 Å². The maximum absolute atomic E-state index is 13.9. The molecule has 2 amide bonds. The molecule has 0 aromatic carbocycles. The number of hydrogen-bond donors (Lipinski definition) is 1. The van der Waals surface area contributed by atoms with Gasteiger partial charge in [0.05, 0.1) is 16.9 Å². The van der Waals surface area contributed by atoms with Crippen molar-refractivity contribution in [1.29, 1.82) is 0 Å². The highest BCUT2D eigenvalue weighted by Gasteiger charge is 2.41. The molecule has 3 atom stereocenters. The van der Waals surface area contributed by atoms with Crippen LogP contribution >= 0.6 is 15.9 Å². The minimum Gasteiger partial charge on any atom is -0.328 e. The third-order valence-corrected chi connectivity index (χ3v) is 8.56. The Morgan fingerprint density at radius 3 is 2.58 bits per heavy atom. The fraction of sp³-hybridized carbons (Fsp3) is 0.400. The molecular formula is C30H32BrFN8O3. The quantitative estimate of drug-likeness (QED) is 0.231. The van der Waals surface area contributed by atoms with Gasteiger partial charge in [-0.15, -0.1) is 6.58 Å². The monoisotopic (exact) mass is 650 g/mol. The smallest absolute Gasteiger partial charge is 0.248 e. The SMILES string of the molecule is C=C[C@@H]1C[C@@H](C(=O)Nc2nc(Br)c(F)cc2C)N(C(=O)Cn2nc(C(C)=O)c3c2C(C)=NC(C)(c2cnc(C)nc2)C3)C1. The minimum atomic E-state index is -0.807. The number of nitrogens with one attached hydrogen (secondary N) is 1. The first-order chi connectivity index (χ1) is 20.3. The zero-order chi connectivity index (χ0) is 31.2. The summed E-state index contributed by atoms with van der Waals surface area (Å²) in [5.74, 6) is -0.806. The first-order valence-corrected chi connectivity index (χ1v) is 14.6. The molecule has 224 valence electrons. The van der Waals surface area contributed by atoms with Gasteiger partial charge in [0, 0.05) is 43.4 Å². The van der Waals surface area contributed by atoms with Gasteiger partial charge >= 0.3 is 0 Å². The number of carbonyl (C=O) groups excluding carboxylic acids is 3. The van der Waals surface area contributed by atoms with Gasteiger partial charge in [0.15, 0.2) is 11.6 Å². The van der Waals surface area contributed by atoms with Crippen molar-refractivity contribution in [2.75, 3.05) is 11.9 Å². The van der Waals surface area contributed by atoms with E-state index in [9.17, 15) is 18.8 Å². The van der Waals surface area contributed by atoms with Crippen molar-refractivity contribution in [2.24, 2.45) is 10.9 Å². The number of nitrogens with zero attached hydrogens (tertiary/aromatic N) is 7. The Balaban J connectivity index is 1.43. The number of anilines is 1. The van der Waals surface area contributed by atoms with Crippen molar-refractivity contribution in [3.8, 4) is 0 Å². The number of rotatable bonds is 7. The molecule has 1 fully saturated rings. The van der Waals surface area contributed by atoms with Gasteiger partial charge in [-0.3, -0.25) is 24.1 Å². The highest BCUT2D eigenvalue weighted by Crippen LogP contribution is 2.37. The van der Waals surface area contributed by atoms with Crippen molar-refractivity contribution >= 4 is 45.1 Å². The number of aryl methyl sites for hydroxylation is 2. The molecule has 11 nitrogen and oxygen atoms in total. The zero-order valence-electron chi connectivity index (χ0n) is 24.6. The second kappa shape index (κ2) is 11.5. The third kappa shape index (κ3) is 5.77. The molecule has 13 heteroatoms. The van der Waals surface area contributed by atoms with Gasteiger partial charge in [-0.05, 0) is 67.6 Å². The summed E-state index contributed by atoms with van der Waals surface area (Å²) in [7, 11) is 0. The molecule has 0 radical (unpaired) electrons. The van der Waals surface area contributed by atoms with E-state index in [4.69, 9.17) is 4.99 Å². The molecular weight excluding hydrogens is 619 g/mol. The molecule has 1 N–H and O–H groups in total. The maximum atomic E-state index is 13.9. The van der Waals surface area contributed by atoms with Gasteiger partial charge in [0.25, 0.3) is 0 Å². The highest BCUT2D eigenvalue weighted by molar-refractivity contribution is 9.10. The molecule has 2 aliphatic heterocycles. The summed E-state index contributed by atoms with van der Waals surface area (Å²) in [5.41, 5.74) is 2.76. The van der Waals surface area contributed by atoms with E-state index in [0.717, 1.165) is 5.56 Å². The second-order valence-electron chi connectivity index (χ2n) is 11.3. The molecule has 2 aliphatic rings. The number of carbonyl (C=O) groups is 3. The van der Waals surface area contributed by atoms with Crippen molar-refractivity contribution in [2.45, 2.75) is 65.6 Å². The molecule has 1 saturated heterocycles. The number of hydrogen-bond acceptors (Lipinski definition) is 8. The summed E-state index contributed by atoms with van der Waals surface area (Å²) in [6, 6.07) is 0.462. The predicted molar refractivity (Wildman–Crippen MR) is 161 cm³/mol. The maximum Gasteiger partial charge on any atom is 0.248 e. The first kappa shape index (κ1) is 30.3. The van der Waals surface area contributed by atoms with Gasteiger partial charge in [0.2, 0.25) is 11.8 Å². The number of amides is 2. The van der Waals surface area contributed by atoms with Crippen molar-refractivity contribution < 1.29 is 18.8 Å². The van der Waals surface area contributed by atoms with E-state index in [1.807, 2.05) is 13.8 Å². The van der Waals surface area contributed by atoms with Crippen molar-refractivity contribution in [3.63, 3.8) is 0 Å². The number of aliphatic imine (C=N–C) groups is 1. The molecule has 5 heterocycles. The van der Waals surface area contributed by atoms with Crippen LogP contribution in [0, 0.1) is 25.6 Å². The standard InChI is InChI=1S/C30H32BrFN8O3/c1-7-19-9-23(29(43)36-28-15(2)8-22(32)27(31)35-28)39(13-19)24(42)14-40-26-16(3)37-30(6,20-11-33-18(5)34-12-20)10-21(26)25(38-40)17(4)41/h7-8,11-12,19,23H,1,9-10,13-14H2,2-6H3,(H,35,36,43)/t19-,23+,30?/m1/s1. The summed E-state index contributed by atoms with van der Waals surface area (Å²) in [6.07, 6.45) is 5.95. The lowest BCUT2D eigenvalue weighted by Gasteiger charge is -2.31. The van der Waals surface area contributed by atoms with Crippen LogP contribution in [0.5, 0.6) is 0 Å². The number of halogens is 2. The number of fused-ring (bicyclic) bond motifs is 1. The van der Waals surface area contributed by atoms with E-state index in [-0.39, 0.29) is 40.3 Å². The van der Waals surface area contributed by atoms with Crippen molar-refractivity contribution in [3.05, 3.63) is 75.4 Å². The van der Waals surface area contributed by atoms with Crippen LogP contribution in [-0.4, -0.2) is 65.5 Å². The lowest BCUT2D eigenvalue weighted by molar-refractivity contribution is -0.137. The Labute approximate surface area is 256 Å².